The van der Waals surface area contributed by atoms with E-state index in [9.17, 15) is 9.59 Å². The Morgan fingerprint density at radius 2 is 1.67 bits per heavy atom. The molecular formula is C15H16N2O4. The molecule has 21 heavy (non-hydrogen) atoms. The van der Waals surface area contributed by atoms with E-state index in [0.717, 1.165) is 5.69 Å². The van der Waals surface area contributed by atoms with Crippen molar-refractivity contribution in [3.63, 3.8) is 0 Å². The molecule has 0 aliphatic carbocycles. The zero-order valence-electron chi connectivity index (χ0n) is 11.9. The van der Waals surface area contributed by atoms with Crippen LogP contribution in [0.3, 0.4) is 0 Å². The van der Waals surface area contributed by atoms with Crippen molar-refractivity contribution in [2.75, 3.05) is 14.2 Å². The van der Waals surface area contributed by atoms with Crippen molar-refractivity contribution >= 4 is 11.9 Å². The summed E-state index contributed by atoms with van der Waals surface area (Å²) in [4.78, 5) is 22.9. The van der Waals surface area contributed by atoms with Gasteiger partial charge in [-0.15, -0.1) is 0 Å². The topological polar surface area (TPSA) is 70.4 Å². The van der Waals surface area contributed by atoms with Crippen molar-refractivity contribution < 1.29 is 19.1 Å². The lowest BCUT2D eigenvalue weighted by Gasteiger charge is -2.06. The third-order valence-electron chi connectivity index (χ3n) is 2.94. The molecule has 1 heterocycles. The summed E-state index contributed by atoms with van der Waals surface area (Å²) in [5.41, 5.74) is 2.02. The van der Waals surface area contributed by atoms with E-state index in [1.807, 2.05) is 30.3 Å². The fraction of sp³-hybridized carbons (Fsp3) is 0.267. The second-order valence-electron chi connectivity index (χ2n) is 4.38. The van der Waals surface area contributed by atoms with Crippen LogP contribution in [0, 0.1) is 0 Å². The molecule has 0 saturated heterocycles. The van der Waals surface area contributed by atoms with Gasteiger partial charge >= 0.3 is 11.9 Å². The van der Waals surface area contributed by atoms with Crippen molar-refractivity contribution in [2.24, 2.45) is 0 Å². The molecular weight excluding hydrogens is 272 g/mol. The number of aromatic nitrogens is 2. The monoisotopic (exact) mass is 288 g/mol. The van der Waals surface area contributed by atoms with Gasteiger partial charge in [-0.2, -0.15) is 5.10 Å². The molecule has 0 N–H and O–H groups in total. The number of methoxy groups -OCH3 is 2. The van der Waals surface area contributed by atoms with E-state index in [1.165, 1.54) is 14.2 Å². The Balaban J connectivity index is 2.36. The van der Waals surface area contributed by atoms with Gasteiger partial charge in [0, 0.05) is 0 Å². The van der Waals surface area contributed by atoms with Gasteiger partial charge in [-0.25, -0.2) is 4.68 Å². The first-order valence-electron chi connectivity index (χ1n) is 6.41. The van der Waals surface area contributed by atoms with Gasteiger partial charge in [0.05, 0.1) is 44.1 Å². The normalized spacial score (nSPS) is 10.2. The van der Waals surface area contributed by atoms with Crippen molar-refractivity contribution in [3.05, 3.63) is 47.8 Å². The lowest BCUT2D eigenvalue weighted by Crippen LogP contribution is -2.10. The van der Waals surface area contributed by atoms with Crippen LogP contribution in [0.5, 0.6) is 0 Å². The average Bonchev–Trinajstić information content (AvgIpc) is 2.90. The zero-order valence-corrected chi connectivity index (χ0v) is 11.9. The maximum Gasteiger partial charge on any atom is 0.311 e. The molecule has 0 bridgehead atoms. The highest BCUT2D eigenvalue weighted by molar-refractivity contribution is 5.73. The van der Waals surface area contributed by atoms with Crippen molar-refractivity contribution in [2.45, 2.75) is 12.8 Å². The van der Waals surface area contributed by atoms with Gasteiger partial charge in [0.15, 0.2) is 0 Å². The number of hydrogen-bond acceptors (Lipinski definition) is 5. The van der Waals surface area contributed by atoms with Crippen LogP contribution in [0.4, 0.5) is 0 Å². The summed E-state index contributed by atoms with van der Waals surface area (Å²) < 4.78 is 11.0. The Morgan fingerprint density at radius 1 is 1.05 bits per heavy atom. The molecule has 0 radical (unpaired) electrons. The van der Waals surface area contributed by atoms with E-state index in [1.54, 1.807) is 10.7 Å². The highest BCUT2D eigenvalue weighted by Gasteiger charge is 2.15. The number of nitrogens with zero attached hydrogens (tertiary/aromatic N) is 2. The quantitative estimate of drug-likeness (QED) is 0.776. The van der Waals surface area contributed by atoms with Gasteiger partial charge in [-0.05, 0) is 18.2 Å². The summed E-state index contributed by atoms with van der Waals surface area (Å²) in [6.45, 7) is 0. The van der Waals surface area contributed by atoms with Crippen LogP contribution in [-0.2, 0) is 31.9 Å². The zero-order chi connectivity index (χ0) is 15.2. The van der Waals surface area contributed by atoms with Gasteiger partial charge in [0.1, 0.15) is 0 Å². The van der Waals surface area contributed by atoms with Crippen LogP contribution in [0.15, 0.2) is 36.4 Å². The molecule has 1 aromatic heterocycles. The molecule has 0 saturated carbocycles. The number of benzene rings is 1. The van der Waals surface area contributed by atoms with Crippen molar-refractivity contribution in [3.8, 4) is 5.69 Å². The van der Waals surface area contributed by atoms with E-state index in [0.29, 0.717) is 11.4 Å². The van der Waals surface area contributed by atoms with Gasteiger partial charge in [-0.1, -0.05) is 18.2 Å². The van der Waals surface area contributed by atoms with Gasteiger partial charge < -0.3 is 9.47 Å². The molecule has 0 atom stereocenters. The Hall–Kier alpha value is -2.63. The lowest BCUT2D eigenvalue weighted by molar-refractivity contribution is -0.140. The van der Waals surface area contributed by atoms with Crippen LogP contribution in [0.2, 0.25) is 0 Å². The standard InChI is InChI=1S/C15H16N2O4/c1-20-14(18)9-11-8-13(10-15(19)21-2)17(16-11)12-6-4-3-5-7-12/h3-8H,9-10H2,1-2H3. The van der Waals surface area contributed by atoms with Crippen LogP contribution in [-0.4, -0.2) is 35.9 Å². The molecule has 2 aromatic rings. The van der Waals surface area contributed by atoms with Crippen LogP contribution in [0.1, 0.15) is 11.4 Å². The fourth-order valence-electron chi connectivity index (χ4n) is 1.92. The predicted octanol–water partition coefficient (Wildman–Crippen LogP) is 1.30. The van der Waals surface area contributed by atoms with Crippen LogP contribution in [0.25, 0.3) is 5.69 Å². The minimum Gasteiger partial charge on any atom is -0.469 e. The summed E-state index contributed by atoms with van der Waals surface area (Å²) in [5, 5.41) is 4.36. The molecule has 1 aromatic carbocycles. The first-order chi connectivity index (χ1) is 10.1. The number of carbonyl (C=O) groups is 2. The third kappa shape index (κ3) is 3.68. The minimum atomic E-state index is -0.377. The Labute approximate surface area is 122 Å². The highest BCUT2D eigenvalue weighted by Crippen LogP contribution is 2.14. The number of para-hydroxylation sites is 1. The average molecular weight is 288 g/mol. The molecule has 110 valence electrons. The number of hydrogen-bond donors (Lipinski definition) is 0. The molecule has 0 unspecified atom stereocenters. The fourth-order valence-corrected chi connectivity index (χ4v) is 1.92. The lowest BCUT2D eigenvalue weighted by atomic mass is 10.2. The summed E-state index contributed by atoms with van der Waals surface area (Å²) >= 11 is 0. The smallest absolute Gasteiger partial charge is 0.311 e. The Bertz CT molecular complexity index is 634. The van der Waals surface area contributed by atoms with E-state index in [-0.39, 0.29) is 24.8 Å². The predicted molar refractivity (Wildman–Crippen MR) is 75.0 cm³/mol. The molecule has 0 aliphatic rings. The number of ether oxygens (including phenoxy) is 2. The largest absolute Gasteiger partial charge is 0.469 e. The molecule has 6 heteroatoms. The van der Waals surface area contributed by atoms with Gasteiger partial charge in [-0.3, -0.25) is 9.59 Å². The summed E-state index contributed by atoms with van der Waals surface area (Å²) in [7, 11) is 2.66. The maximum atomic E-state index is 11.5. The molecule has 0 aliphatic heterocycles. The Kier molecular flexibility index (Phi) is 4.71. The minimum absolute atomic E-state index is 0.0600. The van der Waals surface area contributed by atoms with Crippen molar-refractivity contribution in [1.29, 1.82) is 0 Å². The number of carbonyl (C=O) groups excluding carboxylic acids is 2. The van der Waals surface area contributed by atoms with Gasteiger partial charge in [0.2, 0.25) is 0 Å². The molecule has 0 fully saturated rings. The SMILES string of the molecule is COC(=O)Cc1cc(CC(=O)OC)n(-c2ccccc2)n1. The second-order valence-corrected chi connectivity index (χ2v) is 4.38. The molecule has 2 rings (SSSR count). The van der Waals surface area contributed by atoms with E-state index in [2.05, 4.69) is 14.6 Å². The first kappa shape index (κ1) is 14.8. The summed E-state index contributed by atoms with van der Waals surface area (Å²) in [5.74, 6) is -0.742. The van der Waals surface area contributed by atoms with E-state index < -0.39 is 0 Å². The summed E-state index contributed by atoms with van der Waals surface area (Å²) in [6.07, 6.45) is 0.143. The first-order valence-corrected chi connectivity index (χ1v) is 6.41. The number of esters is 2. The Morgan fingerprint density at radius 3 is 2.29 bits per heavy atom. The van der Waals surface area contributed by atoms with E-state index >= 15 is 0 Å². The van der Waals surface area contributed by atoms with Crippen molar-refractivity contribution in [1.82, 2.24) is 9.78 Å². The molecule has 0 spiro atoms. The highest BCUT2D eigenvalue weighted by atomic mass is 16.5. The molecule has 0 amide bonds. The van der Waals surface area contributed by atoms with Crippen LogP contribution < -0.4 is 0 Å². The second kappa shape index (κ2) is 6.69. The maximum absolute atomic E-state index is 11.5. The molecule has 6 nitrogen and oxygen atoms in total. The third-order valence-corrected chi connectivity index (χ3v) is 2.94. The summed E-state index contributed by atoms with van der Waals surface area (Å²) in [6, 6.07) is 11.1. The van der Waals surface area contributed by atoms with Crippen LogP contribution >= 0.6 is 0 Å². The number of rotatable bonds is 5. The van der Waals surface area contributed by atoms with E-state index in [4.69, 9.17) is 0 Å². The van der Waals surface area contributed by atoms with Gasteiger partial charge in [0.25, 0.3) is 0 Å².